The molecular weight excluding hydrogens is 162 g/mol. The third-order valence-electron chi connectivity index (χ3n) is 2.70. The molecule has 0 bridgehead atoms. The SMILES string of the molecule is CC#CCCN1CCC(CO)CC1. The van der Waals surface area contributed by atoms with E-state index in [-0.39, 0.29) is 0 Å². The standard InChI is InChI=1S/C11H19NO/c1-2-3-4-7-12-8-5-11(10-13)6-9-12/h11,13H,4-10H2,1H3. The van der Waals surface area contributed by atoms with Crippen molar-refractivity contribution >= 4 is 0 Å². The van der Waals surface area contributed by atoms with E-state index in [4.69, 9.17) is 5.11 Å². The highest BCUT2D eigenvalue weighted by atomic mass is 16.3. The number of likely N-dealkylation sites (tertiary alicyclic amines) is 1. The first-order valence-corrected chi connectivity index (χ1v) is 5.09. The molecule has 2 heteroatoms. The molecule has 1 N–H and O–H groups in total. The summed E-state index contributed by atoms with van der Waals surface area (Å²) in [6, 6.07) is 0. The fourth-order valence-electron chi connectivity index (χ4n) is 1.73. The maximum Gasteiger partial charge on any atom is 0.0460 e. The first-order valence-electron chi connectivity index (χ1n) is 5.09. The van der Waals surface area contributed by atoms with Crippen molar-refractivity contribution in [1.82, 2.24) is 4.90 Å². The molecule has 0 unspecified atom stereocenters. The van der Waals surface area contributed by atoms with Crippen LogP contribution in [0, 0.1) is 17.8 Å². The minimum atomic E-state index is 0.364. The highest BCUT2D eigenvalue weighted by Crippen LogP contribution is 2.15. The molecule has 1 aliphatic rings. The number of piperidine rings is 1. The van der Waals surface area contributed by atoms with Gasteiger partial charge >= 0.3 is 0 Å². The van der Waals surface area contributed by atoms with Crippen LogP contribution in [0.15, 0.2) is 0 Å². The molecule has 0 aromatic rings. The highest BCUT2D eigenvalue weighted by Gasteiger charge is 2.17. The van der Waals surface area contributed by atoms with E-state index in [1.807, 2.05) is 6.92 Å². The number of aliphatic hydroxyl groups is 1. The van der Waals surface area contributed by atoms with Gasteiger partial charge in [0, 0.05) is 19.6 Å². The molecule has 13 heavy (non-hydrogen) atoms. The van der Waals surface area contributed by atoms with Gasteiger partial charge in [-0.1, -0.05) is 0 Å². The van der Waals surface area contributed by atoms with E-state index in [1.165, 1.54) is 0 Å². The van der Waals surface area contributed by atoms with Crippen molar-refractivity contribution in [3.63, 3.8) is 0 Å². The zero-order valence-corrected chi connectivity index (χ0v) is 8.42. The van der Waals surface area contributed by atoms with Gasteiger partial charge in [-0.2, -0.15) is 0 Å². The summed E-state index contributed by atoms with van der Waals surface area (Å²) in [4.78, 5) is 2.44. The smallest absolute Gasteiger partial charge is 0.0460 e. The van der Waals surface area contributed by atoms with Crippen LogP contribution in [0.3, 0.4) is 0 Å². The maximum atomic E-state index is 8.95. The Hall–Kier alpha value is -0.520. The average Bonchev–Trinajstić information content (AvgIpc) is 2.19. The second-order valence-corrected chi connectivity index (χ2v) is 3.64. The van der Waals surface area contributed by atoms with Gasteiger partial charge < -0.3 is 10.0 Å². The van der Waals surface area contributed by atoms with Gasteiger partial charge in [-0.05, 0) is 38.8 Å². The Labute approximate surface area is 80.9 Å². The molecule has 0 saturated carbocycles. The molecule has 0 radical (unpaired) electrons. The summed E-state index contributed by atoms with van der Waals surface area (Å²) in [6.07, 6.45) is 3.28. The lowest BCUT2D eigenvalue weighted by Crippen LogP contribution is -2.35. The molecule has 0 aliphatic carbocycles. The van der Waals surface area contributed by atoms with Crippen molar-refractivity contribution < 1.29 is 5.11 Å². The monoisotopic (exact) mass is 181 g/mol. The number of aliphatic hydroxyl groups excluding tert-OH is 1. The van der Waals surface area contributed by atoms with Crippen LogP contribution in [0.5, 0.6) is 0 Å². The Kier molecular flexibility index (Phi) is 4.88. The summed E-state index contributed by atoms with van der Waals surface area (Å²) >= 11 is 0. The molecule has 1 heterocycles. The van der Waals surface area contributed by atoms with Crippen LogP contribution >= 0.6 is 0 Å². The first-order chi connectivity index (χ1) is 6.36. The summed E-state index contributed by atoms with van der Waals surface area (Å²) in [5.74, 6) is 6.54. The zero-order valence-electron chi connectivity index (χ0n) is 8.42. The topological polar surface area (TPSA) is 23.5 Å². The Bertz CT molecular complexity index is 184. The van der Waals surface area contributed by atoms with Gasteiger partial charge in [-0.25, -0.2) is 0 Å². The highest BCUT2D eigenvalue weighted by molar-refractivity contribution is 4.95. The largest absolute Gasteiger partial charge is 0.396 e. The first kappa shape index (κ1) is 10.6. The fraction of sp³-hybridized carbons (Fsp3) is 0.818. The van der Waals surface area contributed by atoms with E-state index in [1.54, 1.807) is 0 Å². The predicted molar refractivity (Wildman–Crippen MR) is 54.3 cm³/mol. The number of hydrogen-bond donors (Lipinski definition) is 1. The van der Waals surface area contributed by atoms with E-state index in [9.17, 15) is 0 Å². The lowest BCUT2D eigenvalue weighted by atomic mass is 9.98. The van der Waals surface area contributed by atoms with Gasteiger partial charge in [0.2, 0.25) is 0 Å². The van der Waals surface area contributed by atoms with Crippen LogP contribution in [0.25, 0.3) is 0 Å². The van der Waals surface area contributed by atoms with Gasteiger partial charge in [0.05, 0.1) is 0 Å². The normalized spacial score (nSPS) is 19.5. The van der Waals surface area contributed by atoms with Crippen molar-refractivity contribution in [3.05, 3.63) is 0 Å². The lowest BCUT2D eigenvalue weighted by Gasteiger charge is -2.30. The summed E-state index contributed by atoms with van der Waals surface area (Å²) < 4.78 is 0. The van der Waals surface area contributed by atoms with Crippen LogP contribution < -0.4 is 0 Å². The molecule has 0 aromatic heterocycles. The van der Waals surface area contributed by atoms with Crippen LogP contribution in [0.4, 0.5) is 0 Å². The molecule has 1 fully saturated rings. The summed E-state index contributed by atoms with van der Waals surface area (Å²) in [7, 11) is 0. The van der Waals surface area contributed by atoms with Gasteiger partial charge in [0.1, 0.15) is 0 Å². The molecule has 1 rings (SSSR count). The van der Waals surface area contributed by atoms with Crippen molar-refractivity contribution in [2.45, 2.75) is 26.2 Å². The fourth-order valence-corrected chi connectivity index (χ4v) is 1.73. The molecule has 0 spiro atoms. The third-order valence-corrected chi connectivity index (χ3v) is 2.70. The van der Waals surface area contributed by atoms with E-state index in [2.05, 4.69) is 16.7 Å². The molecule has 0 atom stereocenters. The van der Waals surface area contributed by atoms with Crippen molar-refractivity contribution in [3.8, 4) is 11.8 Å². The van der Waals surface area contributed by atoms with Gasteiger partial charge in [-0.3, -0.25) is 0 Å². The minimum Gasteiger partial charge on any atom is -0.396 e. The molecule has 1 aliphatic heterocycles. The third kappa shape index (κ3) is 3.80. The Balaban J connectivity index is 2.12. The van der Waals surface area contributed by atoms with Crippen LogP contribution in [-0.4, -0.2) is 36.2 Å². The van der Waals surface area contributed by atoms with Gasteiger partial charge in [0.25, 0.3) is 0 Å². The minimum absolute atomic E-state index is 0.364. The van der Waals surface area contributed by atoms with Gasteiger partial charge in [0.15, 0.2) is 0 Å². The molecule has 2 nitrogen and oxygen atoms in total. The number of hydrogen-bond acceptors (Lipinski definition) is 2. The predicted octanol–water partition coefficient (Wildman–Crippen LogP) is 1.10. The molecule has 0 amide bonds. The molecule has 74 valence electrons. The second kappa shape index (κ2) is 6.01. The van der Waals surface area contributed by atoms with Crippen LogP contribution in [0.1, 0.15) is 26.2 Å². The zero-order chi connectivity index (χ0) is 9.52. The molecular formula is C11H19NO. The maximum absolute atomic E-state index is 8.95. The van der Waals surface area contributed by atoms with Crippen molar-refractivity contribution in [1.29, 1.82) is 0 Å². The van der Waals surface area contributed by atoms with E-state index in [0.717, 1.165) is 38.9 Å². The van der Waals surface area contributed by atoms with Crippen molar-refractivity contribution in [2.24, 2.45) is 5.92 Å². The quantitative estimate of drug-likeness (QED) is 0.659. The lowest BCUT2D eigenvalue weighted by molar-refractivity contribution is 0.133. The average molecular weight is 181 g/mol. The van der Waals surface area contributed by atoms with Crippen LogP contribution in [0.2, 0.25) is 0 Å². The molecule has 0 aromatic carbocycles. The van der Waals surface area contributed by atoms with Crippen molar-refractivity contribution in [2.75, 3.05) is 26.2 Å². The summed E-state index contributed by atoms with van der Waals surface area (Å²) in [6.45, 7) is 5.62. The Morgan fingerprint density at radius 1 is 1.38 bits per heavy atom. The molecule has 1 saturated heterocycles. The van der Waals surface area contributed by atoms with E-state index >= 15 is 0 Å². The summed E-state index contributed by atoms with van der Waals surface area (Å²) in [5, 5.41) is 8.95. The number of nitrogens with zero attached hydrogens (tertiary/aromatic N) is 1. The van der Waals surface area contributed by atoms with E-state index in [0.29, 0.717) is 12.5 Å². The van der Waals surface area contributed by atoms with Gasteiger partial charge in [-0.15, -0.1) is 11.8 Å². The Morgan fingerprint density at radius 3 is 2.62 bits per heavy atom. The Morgan fingerprint density at radius 2 is 2.08 bits per heavy atom. The summed E-state index contributed by atoms with van der Waals surface area (Å²) in [5.41, 5.74) is 0. The van der Waals surface area contributed by atoms with Crippen LogP contribution in [-0.2, 0) is 0 Å². The number of rotatable bonds is 3. The van der Waals surface area contributed by atoms with E-state index < -0.39 is 0 Å². The second-order valence-electron chi connectivity index (χ2n) is 3.64.